The maximum Gasteiger partial charge on any atom is 0.227 e. The molecule has 2 aromatic heterocycles. The second kappa shape index (κ2) is 10.4. The molecule has 0 saturated heterocycles. The van der Waals surface area contributed by atoms with E-state index in [1.165, 1.54) is 0 Å². The molecule has 3 rings (SSSR count). The molecule has 1 atom stereocenters. The molecule has 1 aromatic carbocycles. The molecular weight excluding hydrogens is 428 g/mol. The number of imidazole rings is 1. The second-order valence-electron chi connectivity index (χ2n) is 8.60. The van der Waals surface area contributed by atoms with Gasteiger partial charge in [-0.15, -0.1) is 0 Å². The maximum atomic E-state index is 10.5. The minimum atomic E-state index is -0.936. The van der Waals surface area contributed by atoms with Crippen molar-refractivity contribution in [3.05, 3.63) is 35.1 Å². The van der Waals surface area contributed by atoms with Gasteiger partial charge in [0.05, 0.1) is 18.0 Å². The molecule has 0 spiro atoms. The molecule has 4 N–H and O–H groups in total. The van der Waals surface area contributed by atoms with Crippen LogP contribution < -0.4 is 10.6 Å². The van der Waals surface area contributed by atoms with Gasteiger partial charge in [-0.25, -0.2) is 4.98 Å². The minimum absolute atomic E-state index is 0.156. The predicted octanol–water partition coefficient (Wildman–Crippen LogP) is 4.95. The summed E-state index contributed by atoms with van der Waals surface area (Å²) in [6.45, 7) is 8.85. The van der Waals surface area contributed by atoms with Crippen molar-refractivity contribution in [1.82, 2.24) is 19.5 Å². The van der Waals surface area contributed by atoms with Crippen LogP contribution in [0.3, 0.4) is 0 Å². The van der Waals surface area contributed by atoms with E-state index in [0.717, 1.165) is 31.5 Å². The molecule has 8 nitrogen and oxygen atoms in total. The molecule has 0 aliphatic rings. The molecule has 0 fully saturated rings. The zero-order chi connectivity index (χ0) is 23.3. The van der Waals surface area contributed by atoms with Crippen molar-refractivity contribution in [2.75, 3.05) is 10.6 Å². The fourth-order valence-electron chi connectivity index (χ4n) is 3.64. The number of unbranched alkanes of at least 4 members (excludes halogenated alkanes) is 2. The number of aryl methyl sites for hydroxylation is 1. The molecule has 3 aromatic rings. The van der Waals surface area contributed by atoms with Gasteiger partial charge in [0.2, 0.25) is 5.95 Å². The lowest BCUT2D eigenvalue weighted by molar-refractivity contribution is 0.0577. The largest absolute Gasteiger partial charge is 0.508 e. The fraction of sp³-hybridized carbons (Fsp3) is 0.522. The molecule has 0 saturated carbocycles. The molecule has 0 bridgehead atoms. The second-order valence-corrected chi connectivity index (χ2v) is 9.03. The zero-order valence-corrected chi connectivity index (χ0v) is 19.9. The van der Waals surface area contributed by atoms with Crippen LogP contribution in [0.1, 0.15) is 58.9 Å². The Hall–Kier alpha value is -2.58. The van der Waals surface area contributed by atoms with Gasteiger partial charge in [0.25, 0.3) is 0 Å². The van der Waals surface area contributed by atoms with Gasteiger partial charge in [0.15, 0.2) is 17.0 Å². The average Bonchev–Trinajstić information content (AvgIpc) is 3.15. The highest BCUT2D eigenvalue weighted by atomic mass is 35.5. The molecule has 2 heterocycles. The molecule has 0 radical (unpaired) electrons. The average molecular weight is 461 g/mol. The Kier molecular flexibility index (Phi) is 7.79. The monoisotopic (exact) mass is 460 g/mol. The molecular formula is C23H33ClN6O2. The summed E-state index contributed by atoms with van der Waals surface area (Å²) in [6, 6.07) is 4.71. The number of fused-ring (bicyclic) bond motifs is 1. The van der Waals surface area contributed by atoms with E-state index in [9.17, 15) is 10.2 Å². The van der Waals surface area contributed by atoms with Crippen LogP contribution in [-0.4, -0.2) is 41.4 Å². The normalized spacial score (nSPS) is 12.8. The van der Waals surface area contributed by atoms with E-state index in [1.807, 2.05) is 11.5 Å². The van der Waals surface area contributed by atoms with E-state index < -0.39 is 5.60 Å². The summed E-state index contributed by atoms with van der Waals surface area (Å²) in [4.78, 5) is 13.9. The van der Waals surface area contributed by atoms with Gasteiger partial charge < -0.3 is 25.4 Å². The number of rotatable bonds is 11. The van der Waals surface area contributed by atoms with E-state index in [2.05, 4.69) is 27.5 Å². The number of phenolic OH excluding ortho intramolecular Hbond substituents is 1. The number of benzene rings is 1. The first-order chi connectivity index (χ1) is 15.2. The standard InChI is InChI=1S/C23H33ClN6O2/c1-5-7-8-11-30-14-26-19-20(25-13-15-12-16(24)9-10-17(15)31)28-22(29-21(19)30)27-18(6-2)23(3,4)32/h9-10,12,14,18,31-32H,5-8,11,13H2,1-4H3,(H2,25,27,28,29). The number of phenols is 1. The number of nitrogens with zero attached hydrogens (tertiary/aromatic N) is 4. The number of hydrogen-bond donors (Lipinski definition) is 4. The molecule has 1 unspecified atom stereocenters. The molecule has 174 valence electrons. The molecule has 0 aliphatic carbocycles. The summed E-state index contributed by atoms with van der Waals surface area (Å²) in [5, 5.41) is 27.8. The first kappa shape index (κ1) is 24.1. The first-order valence-electron chi connectivity index (χ1n) is 11.2. The number of nitrogens with one attached hydrogen (secondary N) is 2. The highest BCUT2D eigenvalue weighted by molar-refractivity contribution is 6.30. The predicted molar refractivity (Wildman–Crippen MR) is 129 cm³/mol. The van der Waals surface area contributed by atoms with E-state index >= 15 is 0 Å². The number of halogens is 1. The SMILES string of the molecule is CCCCCn1cnc2c(NCc3cc(Cl)ccc3O)nc(NC(CC)C(C)(C)O)nc21. The third-order valence-electron chi connectivity index (χ3n) is 5.52. The van der Waals surface area contributed by atoms with Gasteiger partial charge in [0, 0.05) is 23.7 Å². The Balaban J connectivity index is 1.96. The van der Waals surface area contributed by atoms with Crippen molar-refractivity contribution in [2.45, 2.75) is 78.1 Å². The molecule has 0 aliphatic heterocycles. The van der Waals surface area contributed by atoms with E-state index in [1.54, 1.807) is 38.4 Å². The quantitative estimate of drug-likeness (QED) is 0.300. The van der Waals surface area contributed by atoms with Crippen LogP contribution in [0.25, 0.3) is 11.2 Å². The third-order valence-corrected chi connectivity index (χ3v) is 5.75. The maximum absolute atomic E-state index is 10.5. The van der Waals surface area contributed by atoms with Crippen LogP contribution >= 0.6 is 11.6 Å². The summed E-state index contributed by atoms with van der Waals surface area (Å²) in [5.74, 6) is 1.13. The lowest BCUT2D eigenvalue weighted by Gasteiger charge is -2.29. The van der Waals surface area contributed by atoms with Crippen molar-refractivity contribution < 1.29 is 10.2 Å². The number of aromatic hydroxyl groups is 1. The minimum Gasteiger partial charge on any atom is -0.508 e. The Morgan fingerprint density at radius 1 is 1.19 bits per heavy atom. The van der Waals surface area contributed by atoms with Gasteiger partial charge in [-0.1, -0.05) is 38.3 Å². The van der Waals surface area contributed by atoms with Gasteiger partial charge in [-0.2, -0.15) is 9.97 Å². The highest BCUT2D eigenvalue weighted by Crippen LogP contribution is 2.26. The van der Waals surface area contributed by atoms with Crippen LogP contribution in [0.5, 0.6) is 5.75 Å². The van der Waals surface area contributed by atoms with E-state index in [0.29, 0.717) is 40.8 Å². The Bertz CT molecular complexity index is 1050. The number of aromatic nitrogens is 4. The lowest BCUT2D eigenvalue weighted by Crippen LogP contribution is -2.41. The topological polar surface area (TPSA) is 108 Å². The van der Waals surface area contributed by atoms with Crippen molar-refractivity contribution in [3.63, 3.8) is 0 Å². The lowest BCUT2D eigenvalue weighted by atomic mass is 9.97. The van der Waals surface area contributed by atoms with Gasteiger partial charge >= 0.3 is 0 Å². The van der Waals surface area contributed by atoms with Crippen LogP contribution in [0.2, 0.25) is 5.02 Å². The molecule has 32 heavy (non-hydrogen) atoms. The summed E-state index contributed by atoms with van der Waals surface area (Å²) in [7, 11) is 0. The Morgan fingerprint density at radius 2 is 1.97 bits per heavy atom. The van der Waals surface area contributed by atoms with Crippen molar-refractivity contribution >= 4 is 34.5 Å². The van der Waals surface area contributed by atoms with Crippen LogP contribution in [-0.2, 0) is 13.1 Å². The van der Waals surface area contributed by atoms with Crippen LogP contribution in [0, 0.1) is 0 Å². The third kappa shape index (κ3) is 5.81. The molecule has 9 heteroatoms. The molecule has 0 amide bonds. The highest BCUT2D eigenvalue weighted by Gasteiger charge is 2.26. The van der Waals surface area contributed by atoms with Gasteiger partial charge in [-0.3, -0.25) is 0 Å². The smallest absolute Gasteiger partial charge is 0.227 e. The van der Waals surface area contributed by atoms with Crippen molar-refractivity contribution in [3.8, 4) is 5.75 Å². The summed E-state index contributed by atoms with van der Waals surface area (Å²) < 4.78 is 2.03. The van der Waals surface area contributed by atoms with Crippen LogP contribution in [0.4, 0.5) is 11.8 Å². The number of aliphatic hydroxyl groups is 1. The van der Waals surface area contributed by atoms with Crippen molar-refractivity contribution in [1.29, 1.82) is 0 Å². The first-order valence-corrected chi connectivity index (χ1v) is 11.5. The zero-order valence-electron chi connectivity index (χ0n) is 19.2. The Labute approximate surface area is 194 Å². The fourth-order valence-corrected chi connectivity index (χ4v) is 3.83. The van der Waals surface area contributed by atoms with Crippen molar-refractivity contribution in [2.24, 2.45) is 0 Å². The summed E-state index contributed by atoms with van der Waals surface area (Å²) in [6.07, 6.45) is 5.79. The van der Waals surface area contributed by atoms with Crippen LogP contribution in [0.15, 0.2) is 24.5 Å². The number of hydrogen-bond acceptors (Lipinski definition) is 7. The summed E-state index contributed by atoms with van der Waals surface area (Å²) in [5.41, 5.74) is 1.10. The Morgan fingerprint density at radius 3 is 2.66 bits per heavy atom. The number of anilines is 2. The summed E-state index contributed by atoms with van der Waals surface area (Å²) >= 11 is 6.08. The van der Waals surface area contributed by atoms with E-state index in [-0.39, 0.29) is 11.8 Å². The van der Waals surface area contributed by atoms with E-state index in [4.69, 9.17) is 16.6 Å². The van der Waals surface area contributed by atoms with Gasteiger partial charge in [-0.05, 0) is 44.9 Å². The van der Waals surface area contributed by atoms with Gasteiger partial charge in [0.1, 0.15) is 5.75 Å².